The summed E-state index contributed by atoms with van der Waals surface area (Å²) >= 11 is 0. The topological polar surface area (TPSA) is 68.0 Å². The molecule has 0 atom stereocenters. The molecule has 0 N–H and O–H groups in total. The Kier molecular flexibility index (Phi) is 6.91. The van der Waals surface area contributed by atoms with Gasteiger partial charge in [-0.1, -0.05) is 47.6 Å². The number of ether oxygens (including phenoxy) is 2. The maximum absolute atomic E-state index is 13.2. The lowest BCUT2D eigenvalue weighted by Gasteiger charge is -2.35. The van der Waals surface area contributed by atoms with Gasteiger partial charge in [0.1, 0.15) is 12.4 Å². The van der Waals surface area contributed by atoms with Crippen molar-refractivity contribution >= 4 is 16.7 Å². The van der Waals surface area contributed by atoms with Crippen LogP contribution < -0.4 is 9.47 Å². The van der Waals surface area contributed by atoms with Gasteiger partial charge in [-0.2, -0.15) is 0 Å². The molecule has 4 aromatic rings. The first-order valence-corrected chi connectivity index (χ1v) is 12.2. The number of amides is 1. The average molecular weight is 486 g/mol. The van der Waals surface area contributed by atoms with Gasteiger partial charge in [0.15, 0.2) is 11.5 Å². The highest BCUT2D eigenvalue weighted by atomic mass is 16.5. The molecule has 1 saturated heterocycles. The van der Waals surface area contributed by atoms with Crippen molar-refractivity contribution < 1.29 is 18.8 Å². The van der Waals surface area contributed by atoms with Crippen LogP contribution in [0.4, 0.5) is 0 Å². The fourth-order valence-corrected chi connectivity index (χ4v) is 4.74. The molecule has 7 nitrogen and oxygen atoms in total. The van der Waals surface area contributed by atoms with Crippen LogP contribution in [0.3, 0.4) is 0 Å². The lowest BCUT2D eigenvalue weighted by Crippen LogP contribution is -2.48. The molecule has 1 aromatic heterocycles. The molecule has 0 radical (unpaired) electrons. The van der Waals surface area contributed by atoms with Crippen molar-refractivity contribution in [2.75, 3.05) is 33.3 Å². The van der Waals surface area contributed by atoms with Gasteiger partial charge in [-0.05, 0) is 48.4 Å². The SMILES string of the molecule is COc1cc(C(=O)N2CCN(Cc3cccc4ccccc34)CC2)ccc1OCc1c(C)noc1C. The molecule has 0 saturated carbocycles. The number of nitrogens with zero attached hydrogens (tertiary/aromatic N) is 3. The molecule has 2 heterocycles. The molecular weight excluding hydrogens is 454 g/mol. The second-order valence-corrected chi connectivity index (χ2v) is 9.16. The Bertz CT molecular complexity index is 1350. The number of benzene rings is 3. The van der Waals surface area contributed by atoms with Crippen LogP contribution in [0.5, 0.6) is 11.5 Å². The number of aromatic nitrogens is 1. The number of aryl methyl sites for hydroxylation is 2. The molecule has 1 amide bonds. The van der Waals surface area contributed by atoms with Gasteiger partial charge in [0.25, 0.3) is 5.91 Å². The van der Waals surface area contributed by atoms with Crippen LogP contribution in [0, 0.1) is 13.8 Å². The zero-order valence-corrected chi connectivity index (χ0v) is 21.0. The van der Waals surface area contributed by atoms with E-state index in [1.807, 2.05) is 18.7 Å². The average Bonchev–Trinajstić information content (AvgIpc) is 3.24. The summed E-state index contributed by atoms with van der Waals surface area (Å²) in [6.45, 7) is 8.01. The van der Waals surface area contributed by atoms with E-state index in [-0.39, 0.29) is 5.91 Å². The van der Waals surface area contributed by atoms with E-state index in [0.717, 1.165) is 36.7 Å². The fraction of sp³-hybridized carbons (Fsp3) is 0.310. The van der Waals surface area contributed by atoms with Crippen molar-refractivity contribution in [1.82, 2.24) is 15.0 Å². The Labute approximate surface area is 211 Å². The van der Waals surface area contributed by atoms with Crippen LogP contribution >= 0.6 is 0 Å². The second kappa shape index (κ2) is 10.4. The second-order valence-electron chi connectivity index (χ2n) is 9.16. The minimum Gasteiger partial charge on any atom is -0.493 e. The van der Waals surface area contributed by atoms with E-state index in [0.29, 0.717) is 36.8 Å². The molecule has 1 fully saturated rings. The Morgan fingerprint density at radius 3 is 2.50 bits per heavy atom. The van der Waals surface area contributed by atoms with Crippen molar-refractivity contribution in [3.63, 3.8) is 0 Å². The molecule has 5 rings (SSSR count). The van der Waals surface area contributed by atoms with Gasteiger partial charge in [0.05, 0.1) is 18.4 Å². The van der Waals surface area contributed by atoms with Crippen molar-refractivity contribution in [2.24, 2.45) is 0 Å². The van der Waals surface area contributed by atoms with Gasteiger partial charge < -0.3 is 18.9 Å². The minimum absolute atomic E-state index is 0.00962. The normalized spacial score (nSPS) is 14.2. The van der Waals surface area contributed by atoms with Crippen LogP contribution in [0.15, 0.2) is 65.2 Å². The van der Waals surface area contributed by atoms with Crippen LogP contribution in [0.2, 0.25) is 0 Å². The smallest absolute Gasteiger partial charge is 0.254 e. The van der Waals surface area contributed by atoms with E-state index in [1.54, 1.807) is 25.3 Å². The number of carbonyl (C=O) groups is 1. The highest BCUT2D eigenvalue weighted by Gasteiger charge is 2.23. The van der Waals surface area contributed by atoms with Gasteiger partial charge in [-0.15, -0.1) is 0 Å². The number of carbonyl (C=O) groups excluding carboxylic acids is 1. The summed E-state index contributed by atoms with van der Waals surface area (Å²) < 4.78 is 16.7. The summed E-state index contributed by atoms with van der Waals surface area (Å²) in [6.07, 6.45) is 0. The fourth-order valence-electron chi connectivity index (χ4n) is 4.74. The number of methoxy groups -OCH3 is 1. The Morgan fingerprint density at radius 1 is 0.972 bits per heavy atom. The molecule has 0 bridgehead atoms. The van der Waals surface area contributed by atoms with Crippen LogP contribution in [0.25, 0.3) is 10.8 Å². The summed E-state index contributed by atoms with van der Waals surface area (Å²) in [5, 5.41) is 6.52. The first-order chi connectivity index (χ1) is 17.5. The highest BCUT2D eigenvalue weighted by molar-refractivity contribution is 5.95. The lowest BCUT2D eigenvalue weighted by molar-refractivity contribution is 0.0628. The van der Waals surface area contributed by atoms with Gasteiger partial charge >= 0.3 is 0 Å². The van der Waals surface area contributed by atoms with Crippen molar-refractivity contribution in [1.29, 1.82) is 0 Å². The van der Waals surface area contributed by atoms with Gasteiger partial charge in [0.2, 0.25) is 0 Å². The Morgan fingerprint density at radius 2 is 1.75 bits per heavy atom. The number of fused-ring (bicyclic) bond motifs is 1. The predicted octanol–water partition coefficient (Wildman–Crippen LogP) is 4.99. The number of hydrogen-bond acceptors (Lipinski definition) is 6. The van der Waals surface area contributed by atoms with E-state index >= 15 is 0 Å². The predicted molar refractivity (Wildman–Crippen MR) is 138 cm³/mol. The molecule has 0 unspecified atom stereocenters. The van der Waals surface area contributed by atoms with Crippen LogP contribution in [-0.2, 0) is 13.2 Å². The van der Waals surface area contributed by atoms with E-state index in [2.05, 4.69) is 52.5 Å². The van der Waals surface area contributed by atoms with Crippen molar-refractivity contribution in [2.45, 2.75) is 27.0 Å². The summed E-state index contributed by atoms with van der Waals surface area (Å²) in [5.41, 5.74) is 3.64. The molecule has 186 valence electrons. The summed E-state index contributed by atoms with van der Waals surface area (Å²) in [6, 6.07) is 20.3. The third-order valence-electron chi connectivity index (χ3n) is 6.90. The number of rotatable bonds is 7. The third-order valence-corrected chi connectivity index (χ3v) is 6.90. The molecule has 3 aromatic carbocycles. The van der Waals surface area contributed by atoms with E-state index in [1.165, 1.54) is 16.3 Å². The zero-order chi connectivity index (χ0) is 25.1. The number of piperazine rings is 1. The summed E-state index contributed by atoms with van der Waals surface area (Å²) in [7, 11) is 1.58. The third kappa shape index (κ3) is 4.93. The first kappa shape index (κ1) is 23.9. The monoisotopic (exact) mass is 485 g/mol. The summed E-state index contributed by atoms with van der Waals surface area (Å²) in [4.78, 5) is 17.6. The molecular formula is C29H31N3O4. The Balaban J connectivity index is 1.21. The molecule has 0 aliphatic carbocycles. The lowest BCUT2D eigenvalue weighted by atomic mass is 10.0. The van der Waals surface area contributed by atoms with Gasteiger partial charge in [-0.25, -0.2) is 0 Å². The highest BCUT2D eigenvalue weighted by Crippen LogP contribution is 2.30. The molecule has 7 heteroatoms. The standard InChI is InChI=1S/C29H31N3O4/c1-20-26(21(2)36-30-20)19-35-27-12-11-23(17-28(27)34-3)29(33)32-15-13-31(14-16-32)18-24-9-6-8-22-7-4-5-10-25(22)24/h4-12,17H,13-16,18-19H2,1-3H3. The maximum Gasteiger partial charge on any atom is 0.254 e. The summed E-state index contributed by atoms with van der Waals surface area (Å²) in [5.74, 6) is 1.85. The van der Waals surface area contributed by atoms with Gasteiger partial charge in [0, 0.05) is 38.3 Å². The van der Waals surface area contributed by atoms with E-state index in [9.17, 15) is 4.79 Å². The first-order valence-electron chi connectivity index (χ1n) is 12.2. The van der Waals surface area contributed by atoms with Gasteiger partial charge in [-0.3, -0.25) is 9.69 Å². The van der Waals surface area contributed by atoms with Crippen LogP contribution in [-0.4, -0.2) is 54.2 Å². The zero-order valence-electron chi connectivity index (χ0n) is 21.0. The largest absolute Gasteiger partial charge is 0.493 e. The Hall–Kier alpha value is -3.84. The molecule has 1 aliphatic heterocycles. The molecule has 0 spiro atoms. The van der Waals surface area contributed by atoms with E-state index in [4.69, 9.17) is 14.0 Å². The van der Waals surface area contributed by atoms with Crippen molar-refractivity contribution in [3.05, 3.63) is 88.8 Å². The minimum atomic E-state index is 0.00962. The van der Waals surface area contributed by atoms with Crippen LogP contribution in [0.1, 0.15) is 32.9 Å². The number of hydrogen-bond donors (Lipinski definition) is 0. The quantitative estimate of drug-likeness (QED) is 0.367. The molecule has 36 heavy (non-hydrogen) atoms. The van der Waals surface area contributed by atoms with Crippen molar-refractivity contribution in [3.8, 4) is 11.5 Å². The molecule has 1 aliphatic rings. The van der Waals surface area contributed by atoms with E-state index < -0.39 is 0 Å². The maximum atomic E-state index is 13.2.